The van der Waals surface area contributed by atoms with Gasteiger partial charge >= 0.3 is 0 Å². The average molecular weight is 265 g/mol. The van der Waals surface area contributed by atoms with E-state index in [0.29, 0.717) is 24.3 Å². The molecular formula is C15H20FNO2. The molecule has 0 unspecified atom stereocenters. The molecule has 3 nitrogen and oxygen atoms in total. The summed E-state index contributed by atoms with van der Waals surface area (Å²) in [5, 5.41) is 8.60. The van der Waals surface area contributed by atoms with Crippen molar-refractivity contribution in [2.75, 3.05) is 33.9 Å². The van der Waals surface area contributed by atoms with Crippen LogP contribution in [-0.2, 0) is 0 Å². The molecule has 0 saturated carbocycles. The number of hydrogen-bond donors (Lipinski definition) is 1. The minimum atomic E-state index is -0.393. The highest BCUT2D eigenvalue weighted by Crippen LogP contribution is 2.16. The lowest BCUT2D eigenvalue weighted by Gasteiger charge is -2.10. The van der Waals surface area contributed by atoms with Gasteiger partial charge in [-0.05, 0) is 32.6 Å². The number of rotatable bonds is 6. The first-order chi connectivity index (χ1) is 9.13. The van der Waals surface area contributed by atoms with Crippen LogP contribution in [0.25, 0.3) is 0 Å². The van der Waals surface area contributed by atoms with Crippen LogP contribution in [-0.4, -0.2) is 43.9 Å². The topological polar surface area (TPSA) is 32.7 Å². The van der Waals surface area contributed by atoms with Crippen molar-refractivity contribution in [3.05, 3.63) is 29.6 Å². The molecule has 0 bridgehead atoms. The number of halogens is 1. The van der Waals surface area contributed by atoms with Crippen LogP contribution in [0, 0.1) is 17.7 Å². The Bertz CT molecular complexity index is 449. The molecule has 0 saturated heterocycles. The third-order valence-electron chi connectivity index (χ3n) is 2.42. The zero-order chi connectivity index (χ0) is 14.1. The van der Waals surface area contributed by atoms with Crippen molar-refractivity contribution in [2.45, 2.75) is 12.8 Å². The van der Waals surface area contributed by atoms with E-state index in [1.54, 1.807) is 12.1 Å². The van der Waals surface area contributed by atoms with Crippen LogP contribution in [0.2, 0.25) is 0 Å². The van der Waals surface area contributed by atoms with E-state index in [9.17, 15) is 4.39 Å². The number of nitrogens with zero attached hydrogens (tertiary/aromatic N) is 1. The summed E-state index contributed by atoms with van der Waals surface area (Å²) in [6.45, 7) is 1.49. The molecule has 4 heteroatoms. The lowest BCUT2D eigenvalue weighted by Crippen LogP contribution is -2.15. The van der Waals surface area contributed by atoms with Crippen LogP contribution < -0.4 is 4.74 Å². The Morgan fingerprint density at radius 3 is 2.79 bits per heavy atom. The highest BCUT2D eigenvalue weighted by atomic mass is 19.1. The third-order valence-corrected chi connectivity index (χ3v) is 2.42. The molecular weight excluding hydrogens is 245 g/mol. The van der Waals surface area contributed by atoms with Gasteiger partial charge in [-0.25, -0.2) is 4.39 Å². The predicted molar refractivity (Wildman–Crippen MR) is 73.6 cm³/mol. The normalized spacial score (nSPS) is 10.2. The lowest BCUT2D eigenvalue weighted by atomic mass is 10.2. The molecule has 1 aromatic carbocycles. The van der Waals surface area contributed by atoms with Crippen LogP contribution in [0.5, 0.6) is 5.75 Å². The van der Waals surface area contributed by atoms with E-state index in [1.165, 1.54) is 6.07 Å². The monoisotopic (exact) mass is 265 g/mol. The SMILES string of the molecule is CN(C)CCCOc1ccc(C#CCCO)c(F)c1. The number of aliphatic hydroxyl groups excluding tert-OH is 1. The number of ether oxygens (including phenoxy) is 1. The Hall–Kier alpha value is -1.57. The maximum atomic E-state index is 13.7. The van der Waals surface area contributed by atoms with Crippen molar-refractivity contribution in [2.24, 2.45) is 0 Å². The Balaban J connectivity index is 2.50. The fourth-order valence-corrected chi connectivity index (χ4v) is 1.47. The van der Waals surface area contributed by atoms with Gasteiger partial charge in [-0.3, -0.25) is 0 Å². The Morgan fingerprint density at radius 1 is 1.37 bits per heavy atom. The highest BCUT2D eigenvalue weighted by molar-refractivity contribution is 5.39. The average Bonchev–Trinajstić information content (AvgIpc) is 2.37. The summed E-state index contributed by atoms with van der Waals surface area (Å²) in [6.07, 6.45) is 1.24. The van der Waals surface area contributed by atoms with Gasteiger partial charge in [0.05, 0.1) is 18.8 Å². The molecule has 0 aliphatic rings. The quantitative estimate of drug-likeness (QED) is 0.630. The fourth-order valence-electron chi connectivity index (χ4n) is 1.47. The molecule has 1 N–H and O–H groups in total. The van der Waals surface area contributed by atoms with Gasteiger partial charge < -0.3 is 14.7 Å². The molecule has 19 heavy (non-hydrogen) atoms. The van der Waals surface area contributed by atoms with Crippen molar-refractivity contribution in [1.29, 1.82) is 0 Å². The zero-order valence-corrected chi connectivity index (χ0v) is 11.4. The van der Waals surface area contributed by atoms with Crippen LogP contribution in [0.3, 0.4) is 0 Å². The minimum absolute atomic E-state index is 0.0122. The maximum Gasteiger partial charge on any atom is 0.142 e. The second-order valence-corrected chi connectivity index (χ2v) is 4.42. The summed E-state index contributed by atoms with van der Waals surface area (Å²) in [5.74, 6) is 5.49. The molecule has 1 rings (SSSR count). The van der Waals surface area contributed by atoms with Crippen molar-refractivity contribution < 1.29 is 14.2 Å². The summed E-state index contributed by atoms with van der Waals surface area (Å²) in [6, 6.07) is 4.65. The zero-order valence-electron chi connectivity index (χ0n) is 11.4. The molecule has 0 spiro atoms. The van der Waals surface area contributed by atoms with E-state index >= 15 is 0 Å². The Kier molecular flexibility index (Phi) is 6.94. The number of hydrogen-bond acceptors (Lipinski definition) is 3. The highest BCUT2D eigenvalue weighted by Gasteiger charge is 2.02. The molecule has 0 radical (unpaired) electrons. The van der Waals surface area contributed by atoms with Gasteiger partial charge in [-0.1, -0.05) is 11.8 Å². The first kappa shape index (κ1) is 15.5. The van der Waals surface area contributed by atoms with Crippen molar-refractivity contribution in [3.8, 4) is 17.6 Å². The number of aliphatic hydroxyl groups is 1. The van der Waals surface area contributed by atoms with Gasteiger partial charge in [0.2, 0.25) is 0 Å². The molecule has 0 amide bonds. The van der Waals surface area contributed by atoms with Crippen LogP contribution in [0.1, 0.15) is 18.4 Å². The Morgan fingerprint density at radius 2 is 2.16 bits per heavy atom. The smallest absolute Gasteiger partial charge is 0.142 e. The molecule has 0 aliphatic heterocycles. The van der Waals surface area contributed by atoms with E-state index < -0.39 is 5.82 Å². The van der Waals surface area contributed by atoms with Crippen LogP contribution >= 0.6 is 0 Å². The summed E-state index contributed by atoms with van der Waals surface area (Å²) in [4.78, 5) is 2.07. The first-order valence-corrected chi connectivity index (χ1v) is 6.30. The third kappa shape index (κ3) is 6.23. The summed E-state index contributed by atoms with van der Waals surface area (Å²) in [5.41, 5.74) is 0.328. The van der Waals surface area contributed by atoms with Crippen molar-refractivity contribution in [3.63, 3.8) is 0 Å². The molecule has 0 aromatic heterocycles. The first-order valence-electron chi connectivity index (χ1n) is 6.30. The van der Waals surface area contributed by atoms with Crippen LogP contribution in [0.15, 0.2) is 18.2 Å². The Labute approximate surface area is 114 Å². The van der Waals surface area contributed by atoms with Gasteiger partial charge in [0, 0.05) is 19.0 Å². The van der Waals surface area contributed by atoms with E-state index in [2.05, 4.69) is 16.7 Å². The summed E-state index contributed by atoms with van der Waals surface area (Å²) in [7, 11) is 4.00. The standard InChI is InChI=1S/C15H20FNO2/c1-17(2)9-5-11-19-14-8-7-13(15(16)12-14)6-3-4-10-18/h7-8,12,18H,4-5,9-11H2,1-2H3. The van der Waals surface area contributed by atoms with E-state index in [0.717, 1.165) is 13.0 Å². The second-order valence-electron chi connectivity index (χ2n) is 4.42. The molecule has 0 aliphatic carbocycles. The van der Waals surface area contributed by atoms with E-state index in [-0.39, 0.29) is 6.61 Å². The fraction of sp³-hybridized carbons (Fsp3) is 0.467. The van der Waals surface area contributed by atoms with Crippen molar-refractivity contribution >= 4 is 0 Å². The van der Waals surface area contributed by atoms with E-state index in [1.807, 2.05) is 14.1 Å². The lowest BCUT2D eigenvalue weighted by molar-refractivity contribution is 0.280. The van der Waals surface area contributed by atoms with Gasteiger partial charge in [0.25, 0.3) is 0 Å². The minimum Gasteiger partial charge on any atom is -0.493 e. The molecule has 104 valence electrons. The summed E-state index contributed by atoms with van der Waals surface area (Å²) >= 11 is 0. The largest absolute Gasteiger partial charge is 0.493 e. The van der Waals surface area contributed by atoms with Gasteiger partial charge in [0.1, 0.15) is 11.6 Å². The van der Waals surface area contributed by atoms with Gasteiger partial charge in [-0.2, -0.15) is 0 Å². The molecule has 0 fully saturated rings. The van der Waals surface area contributed by atoms with Crippen LogP contribution in [0.4, 0.5) is 4.39 Å². The summed E-state index contributed by atoms with van der Waals surface area (Å²) < 4.78 is 19.1. The number of benzene rings is 1. The maximum absolute atomic E-state index is 13.7. The molecule has 1 aromatic rings. The molecule has 0 atom stereocenters. The van der Waals surface area contributed by atoms with E-state index in [4.69, 9.17) is 9.84 Å². The van der Waals surface area contributed by atoms with Crippen molar-refractivity contribution in [1.82, 2.24) is 4.90 Å². The second kappa shape index (κ2) is 8.52. The molecule has 0 heterocycles. The van der Waals surface area contributed by atoms with Gasteiger partial charge in [-0.15, -0.1) is 0 Å². The van der Waals surface area contributed by atoms with Gasteiger partial charge in [0.15, 0.2) is 0 Å². The predicted octanol–water partition coefficient (Wildman–Crippen LogP) is 1.89.